The fraction of sp³-hybridized carbons (Fsp3) is 0.833. The van der Waals surface area contributed by atoms with E-state index in [9.17, 15) is 9.59 Å². The smallest absolute Gasteiger partial charge is 0.308 e. The first-order valence-electron chi connectivity index (χ1n) is 6.10. The Labute approximate surface area is 106 Å². The van der Waals surface area contributed by atoms with Crippen molar-refractivity contribution in [1.29, 1.82) is 0 Å². The summed E-state index contributed by atoms with van der Waals surface area (Å²) >= 11 is 0. The van der Waals surface area contributed by atoms with Crippen LogP contribution in [-0.4, -0.2) is 49.6 Å². The van der Waals surface area contributed by atoms with Gasteiger partial charge in [-0.15, -0.1) is 0 Å². The van der Waals surface area contributed by atoms with Crippen LogP contribution in [0.2, 0.25) is 0 Å². The molecule has 6 nitrogen and oxygen atoms in total. The van der Waals surface area contributed by atoms with Gasteiger partial charge in [-0.1, -0.05) is 13.8 Å². The van der Waals surface area contributed by atoms with E-state index in [0.717, 1.165) is 0 Å². The number of hydrogen-bond acceptors (Lipinski definition) is 6. The molecule has 0 radical (unpaired) electrons. The number of carbonyl (C=O) groups excluding carboxylic acids is 2. The molecule has 0 bridgehead atoms. The Morgan fingerprint density at radius 2 is 1.56 bits per heavy atom. The fourth-order valence-corrected chi connectivity index (χ4v) is 2.13. The van der Waals surface area contributed by atoms with Gasteiger partial charge < -0.3 is 18.9 Å². The van der Waals surface area contributed by atoms with Crippen molar-refractivity contribution < 1.29 is 28.5 Å². The van der Waals surface area contributed by atoms with Gasteiger partial charge in [-0.2, -0.15) is 0 Å². The number of hydrogen-bond donors (Lipinski definition) is 0. The van der Waals surface area contributed by atoms with Gasteiger partial charge in [-0.25, -0.2) is 0 Å². The second kappa shape index (κ2) is 5.24. The van der Waals surface area contributed by atoms with E-state index in [-0.39, 0.29) is 43.3 Å². The van der Waals surface area contributed by atoms with E-state index in [0.29, 0.717) is 0 Å². The summed E-state index contributed by atoms with van der Waals surface area (Å²) in [6, 6.07) is 0. The van der Waals surface area contributed by atoms with Gasteiger partial charge in [0.25, 0.3) is 0 Å². The Morgan fingerprint density at radius 1 is 1.06 bits per heavy atom. The molecule has 0 aromatic heterocycles. The molecule has 0 N–H and O–H groups in total. The van der Waals surface area contributed by atoms with Crippen LogP contribution in [-0.2, 0) is 28.5 Å². The lowest BCUT2D eigenvalue weighted by molar-refractivity contribution is -0.157. The largest absolute Gasteiger partial charge is 0.457 e. The number of ether oxygens (including phenoxy) is 4. The normalized spacial score (nSPS) is 34.4. The third kappa shape index (κ3) is 2.64. The van der Waals surface area contributed by atoms with Crippen LogP contribution in [0.25, 0.3) is 0 Å². The Kier molecular flexibility index (Phi) is 3.87. The van der Waals surface area contributed by atoms with Gasteiger partial charge in [-0.05, 0) is 0 Å². The van der Waals surface area contributed by atoms with Crippen molar-refractivity contribution in [2.75, 3.05) is 13.2 Å². The molecule has 0 aromatic rings. The average molecular weight is 258 g/mol. The summed E-state index contributed by atoms with van der Waals surface area (Å²) in [5, 5.41) is 0. The molecular formula is C12H18O6. The van der Waals surface area contributed by atoms with E-state index in [1.165, 1.54) is 6.92 Å². The number of carbonyl (C=O) groups is 2. The van der Waals surface area contributed by atoms with Crippen LogP contribution in [0.5, 0.6) is 0 Å². The highest BCUT2D eigenvalue weighted by atomic mass is 16.7. The second-order valence-electron chi connectivity index (χ2n) is 4.87. The molecular weight excluding hydrogens is 240 g/mol. The summed E-state index contributed by atoms with van der Waals surface area (Å²) < 4.78 is 21.4. The van der Waals surface area contributed by atoms with Crippen LogP contribution in [0.3, 0.4) is 0 Å². The van der Waals surface area contributed by atoms with E-state index in [2.05, 4.69) is 0 Å². The molecule has 2 fully saturated rings. The lowest BCUT2D eigenvalue weighted by Crippen LogP contribution is -2.36. The summed E-state index contributed by atoms with van der Waals surface area (Å²) in [5.74, 6) is -0.825. The molecule has 0 amide bonds. The Hall–Kier alpha value is -1.14. The zero-order valence-electron chi connectivity index (χ0n) is 10.8. The summed E-state index contributed by atoms with van der Waals surface area (Å²) in [6.07, 6.45) is -1.49. The third-order valence-corrected chi connectivity index (χ3v) is 3.02. The molecule has 2 aliphatic heterocycles. The van der Waals surface area contributed by atoms with Gasteiger partial charge in [0.05, 0.1) is 19.1 Å². The van der Waals surface area contributed by atoms with Gasteiger partial charge in [0.1, 0.15) is 12.2 Å². The van der Waals surface area contributed by atoms with Gasteiger partial charge >= 0.3 is 11.9 Å². The van der Waals surface area contributed by atoms with Crippen LogP contribution >= 0.6 is 0 Å². The molecule has 4 unspecified atom stereocenters. The van der Waals surface area contributed by atoms with Gasteiger partial charge in [0.15, 0.2) is 12.2 Å². The van der Waals surface area contributed by atoms with Crippen molar-refractivity contribution in [2.45, 2.75) is 45.2 Å². The Bertz CT molecular complexity index is 339. The van der Waals surface area contributed by atoms with Crippen molar-refractivity contribution in [1.82, 2.24) is 0 Å². The summed E-state index contributed by atoms with van der Waals surface area (Å²) in [7, 11) is 0. The first kappa shape index (κ1) is 13.3. The fourth-order valence-electron chi connectivity index (χ4n) is 2.13. The topological polar surface area (TPSA) is 71.1 Å². The van der Waals surface area contributed by atoms with Crippen LogP contribution in [0.15, 0.2) is 0 Å². The van der Waals surface area contributed by atoms with Crippen LogP contribution in [0.4, 0.5) is 0 Å². The standard InChI is InChI=1S/C12H18O6/c1-6(2)12(14)18-9-5-16-10-8(17-7(3)13)4-15-11(9)10/h6,8-11H,4-5H2,1-3H3. The zero-order chi connectivity index (χ0) is 13.3. The Morgan fingerprint density at radius 3 is 2.00 bits per heavy atom. The van der Waals surface area contributed by atoms with Crippen molar-refractivity contribution in [2.24, 2.45) is 5.92 Å². The van der Waals surface area contributed by atoms with Crippen LogP contribution < -0.4 is 0 Å². The summed E-state index contributed by atoms with van der Waals surface area (Å²) in [4.78, 5) is 22.4. The van der Waals surface area contributed by atoms with Crippen molar-refractivity contribution in [3.63, 3.8) is 0 Å². The van der Waals surface area contributed by atoms with Crippen molar-refractivity contribution in [3.05, 3.63) is 0 Å². The highest BCUT2D eigenvalue weighted by Crippen LogP contribution is 2.30. The third-order valence-electron chi connectivity index (χ3n) is 3.02. The lowest BCUT2D eigenvalue weighted by atomic mass is 10.1. The predicted octanol–water partition coefficient (Wildman–Crippen LogP) is 0.283. The Balaban J connectivity index is 1.92. The lowest BCUT2D eigenvalue weighted by Gasteiger charge is -2.17. The second-order valence-corrected chi connectivity index (χ2v) is 4.87. The quantitative estimate of drug-likeness (QED) is 0.677. The molecule has 0 saturated carbocycles. The van der Waals surface area contributed by atoms with Crippen LogP contribution in [0.1, 0.15) is 20.8 Å². The van der Waals surface area contributed by atoms with E-state index in [4.69, 9.17) is 18.9 Å². The minimum atomic E-state index is -0.412. The molecule has 2 saturated heterocycles. The maximum atomic E-state index is 11.5. The molecule has 0 spiro atoms. The van der Waals surface area contributed by atoms with Crippen molar-refractivity contribution >= 4 is 11.9 Å². The van der Waals surface area contributed by atoms with E-state index < -0.39 is 12.2 Å². The molecule has 2 rings (SSSR count). The van der Waals surface area contributed by atoms with E-state index in [1.807, 2.05) is 0 Å². The van der Waals surface area contributed by atoms with E-state index >= 15 is 0 Å². The maximum absolute atomic E-state index is 11.5. The van der Waals surface area contributed by atoms with Crippen LogP contribution in [0, 0.1) is 5.92 Å². The summed E-state index contributed by atoms with van der Waals surface area (Å²) in [6.45, 7) is 5.45. The van der Waals surface area contributed by atoms with Gasteiger partial charge in [-0.3, -0.25) is 9.59 Å². The molecule has 4 atom stereocenters. The SMILES string of the molecule is CC(=O)OC1COC2C(OC(=O)C(C)C)COC12. The first-order chi connectivity index (χ1) is 8.49. The first-order valence-corrected chi connectivity index (χ1v) is 6.10. The molecule has 18 heavy (non-hydrogen) atoms. The monoisotopic (exact) mass is 258 g/mol. The number of rotatable bonds is 3. The molecule has 102 valence electrons. The summed E-state index contributed by atoms with van der Waals surface area (Å²) in [5.41, 5.74) is 0. The minimum Gasteiger partial charge on any atom is -0.457 e. The number of fused-ring (bicyclic) bond motifs is 1. The molecule has 0 aliphatic carbocycles. The maximum Gasteiger partial charge on any atom is 0.308 e. The average Bonchev–Trinajstić information content (AvgIpc) is 2.82. The predicted molar refractivity (Wildman–Crippen MR) is 59.8 cm³/mol. The minimum absolute atomic E-state index is 0.185. The molecule has 2 heterocycles. The van der Waals surface area contributed by atoms with E-state index in [1.54, 1.807) is 13.8 Å². The zero-order valence-corrected chi connectivity index (χ0v) is 10.8. The number of esters is 2. The van der Waals surface area contributed by atoms with Gasteiger partial charge in [0, 0.05) is 6.92 Å². The highest BCUT2D eigenvalue weighted by molar-refractivity contribution is 5.71. The molecule has 6 heteroatoms. The highest BCUT2D eigenvalue weighted by Gasteiger charge is 2.51. The molecule has 2 aliphatic rings. The van der Waals surface area contributed by atoms with Gasteiger partial charge in [0.2, 0.25) is 0 Å². The molecule has 0 aromatic carbocycles. The van der Waals surface area contributed by atoms with Crippen molar-refractivity contribution in [3.8, 4) is 0 Å².